The Balaban J connectivity index is 0.000000183. The number of fused-ring (bicyclic) bond motifs is 10. The van der Waals surface area contributed by atoms with Gasteiger partial charge in [0.1, 0.15) is 0 Å². The lowest BCUT2D eigenvalue weighted by molar-refractivity contribution is 0.794. The fourth-order valence-corrected chi connectivity index (χ4v) is 8.88. The fourth-order valence-electron chi connectivity index (χ4n) is 8.88. The van der Waals surface area contributed by atoms with Crippen molar-refractivity contribution in [3.63, 3.8) is 0 Å². The van der Waals surface area contributed by atoms with Gasteiger partial charge in [-0.2, -0.15) is 0 Å². The predicted octanol–water partition coefficient (Wildman–Crippen LogP) is 16.9. The molecular weight excluding hydrogens is 733 g/mol. The van der Waals surface area contributed by atoms with E-state index in [4.69, 9.17) is 0 Å². The first-order valence-corrected chi connectivity index (χ1v) is 21.4. The average Bonchev–Trinajstić information content (AvgIpc) is 3.81. The molecule has 0 saturated heterocycles. The minimum absolute atomic E-state index is 0.289. The standard InChI is InChI=1S/C36H28.C14H14.C9H10.C2H4/c1-23(2)24(3)25-12-10-13-26(22-25)27-17-11-21-34-35(27)30-16-6-9-20-33(30)36(34)31-18-7-4-14-28(31)29-15-5-8-19-32(29)36;1-2-12-8-10-14(11-9-12)13-6-4-3-5-7-13;1-8(2)9-6-4-3-5-7-9;1-2/h4-22H,1-3H3;3-11H,2H2,1H3;3-7H,1H2,2H3;1-2H2. The van der Waals surface area contributed by atoms with E-state index in [9.17, 15) is 0 Å². The van der Waals surface area contributed by atoms with Crippen LogP contribution >= 0.6 is 0 Å². The van der Waals surface area contributed by atoms with E-state index in [1.54, 1.807) is 0 Å². The van der Waals surface area contributed by atoms with Crippen molar-refractivity contribution in [3.8, 4) is 44.5 Å². The van der Waals surface area contributed by atoms with Crippen molar-refractivity contribution in [1.82, 2.24) is 0 Å². The van der Waals surface area contributed by atoms with Crippen LogP contribution in [0.4, 0.5) is 0 Å². The van der Waals surface area contributed by atoms with Gasteiger partial charge < -0.3 is 0 Å². The van der Waals surface area contributed by atoms with E-state index in [1.807, 2.05) is 31.2 Å². The molecule has 8 aromatic carbocycles. The summed E-state index contributed by atoms with van der Waals surface area (Å²) in [7, 11) is 0. The maximum absolute atomic E-state index is 3.83. The lowest BCUT2D eigenvalue weighted by atomic mass is 9.70. The van der Waals surface area contributed by atoms with E-state index in [-0.39, 0.29) is 5.41 Å². The van der Waals surface area contributed by atoms with Gasteiger partial charge >= 0.3 is 0 Å². The second kappa shape index (κ2) is 18.9. The van der Waals surface area contributed by atoms with Gasteiger partial charge in [-0.1, -0.05) is 219 Å². The van der Waals surface area contributed by atoms with Crippen LogP contribution in [0.3, 0.4) is 0 Å². The number of hydrogen-bond donors (Lipinski definition) is 0. The molecule has 1 spiro atoms. The van der Waals surface area contributed by atoms with Gasteiger partial charge in [0.25, 0.3) is 0 Å². The highest BCUT2D eigenvalue weighted by molar-refractivity contribution is 6.00. The molecule has 0 aromatic heterocycles. The molecule has 0 fully saturated rings. The summed E-state index contributed by atoms with van der Waals surface area (Å²) in [5, 5.41) is 0. The molecule has 0 amide bonds. The van der Waals surface area contributed by atoms with Gasteiger partial charge in [-0.15, -0.1) is 13.2 Å². The summed E-state index contributed by atoms with van der Waals surface area (Å²) in [4.78, 5) is 0. The number of allylic oxidation sites excluding steroid dienone is 3. The van der Waals surface area contributed by atoms with Crippen molar-refractivity contribution in [2.75, 3.05) is 0 Å². The third-order valence-electron chi connectivity index (χ3n) is 12.1. The molecule has 8 aromatic rings. The maximum atomic E-state index is 3.83. The first kappa shape index (κ1) is 42.1. The molecule has 0 radical (unpaired) electrons. The van der Waals surface area contributed by atoms with E-state index < -0.39 is 0 Å². The Morgan fingerprint density at radius 3 is 1.38 bits per heavy atom. The van der Waals surface area contributed by atoms with Crippen LogP contribution in [0.2, 0.25) is 0 Å². The summed E-state index contributed by atoms with van der Waals surface area (Å²) < 4.78 is 0. The monoisotopic (exact) mass is 788 g/mol. The Labute approximate surface area is 365 Å². The highest BCUT2D eigenvalue weighted by atomic mass is 14.5. The summed E-state index contributed by atoms with van der Waals surface area (Å²) in [5.74, 6) is 0. The third-order valence-corrected chi connectivity index (χ3v) is 12.1. The van der Waals surface area contributed by atoms with Crippen LogP contribution in [0.1, 0.15) is 73.6 Å². The molecular formula is C61H56. The van der Waals surface area contributed by atoms with Gasteiger partial charge in [0.2, 0.25) is 0 Å². The number of benzene rings is 8. The topological polar surface area (TPSA) is 0 Å². The van der Waals surface area contributed by atoms with E-state index in [0.717, 1.165) is 12.0 Å². The van der Waals surface area contributed by atoms with Crippen LogP contribution in [0.15, 0.2) is 226 Å². The first-order chi connectivity index (χ1) is 29.8. The van der Waals surface area contributed by atoms with Crippen LogP contribution in [0.25, 0.3) is 55.7 Å². The quantitative estimate of drug-likeness (QED) is 0.152. The van der Waals surface area contributed by atoms with Gasteiger partial charge in [0, 0.05) is 0 Å². The molecule has 0 atom stereocenters. The fraction of sp³-hybridized carbons (Fsp3) is 0.115. The lowest BCUT2D eigenvalue weighted by Crippen LogP contribution is -2.25. The molecule has 0 saturated carbocycles. The van der Waals surface area contributed by atoms with Gasteiger partial charge in [0.05, 0.1) is 5.41 Å². The zero-order chi connectivity index (χ0) is 42.9. The molecule has 61 heavy (non-hydrogen) atoms. The average molecular weight is 789 g/mol. The SMILES string of the molecule is C=C.C=C(C)c1ccccc1.CC(C)=C(C)c1cccc(-c2cccc3c2-c2ccccc2C32c3ccccc3-c3ccccc32)c1.CCc1ccc(-c2ccccc2)cc1. The van der Waals surface area contributed by atoms with E-state index in [0.29, 0.717) is 0 Å². The molecule has 2 aliphatic carbocycles. The molecule has 0 nitrogen and oxygen atoms in total. The van der Waals surface area contributed by atoms with Crippen LogP contribution in [0.5, 0.6) is 0 Å². The minimum atomic E-state index is -0.289. The van der Waals surface area contributed by atoms with E-state index >= 15 is 0 Å². The second-order valence-corrected chi connectivity index (χ2v) is 15.9. The minimum Gasteiger partial charge on any atom is -0.106 e. The Morgan fingerprint density at radius 1 is 0.410 bits per heavy atom. The Hall–Kier alpha value is -7.02. The zero-order valence-corrected chi connectivity index (χ0v) is 36.4. The van der Waals surface area contributed by atoms with E-state index in [2.05, 4.69) is 223 Å². The van der Waals surface area contributed by atoms with Gasteiger partial charge in [0.15, 0.2) is 0 Å². The molecule has 0 bridgehead atoms. The molecule has 0 heteroatoms. The molecule has 0 aliphatic heterocycles. The summed E-state index contributed by atoms with van der Waals surface area (Å²) in [6, 6.07) is 72.4. The summed E-state index contributed by atoms with van der Waals surface area (Å²) >= 11 is 0. The highest BCUT2D eigenvalue weighted by Gasteiger charge is 2.51. The van der Waals surface area contributed by atoms with Crippen molar-refractivity contribution < 1.29 is 0 Å². The van der Waals surface area contributed by atoms with Gasteiger partial charge in [-0.05, 0) is 129 Å². The van der Waals surface area contributed by atoms with Crippen LogP contribution in [-0.2, 0) is 11.8 Å². The lowest BCUT2D eigenvalue weighted by Gasteiger charge is -2.30. The second-order valence-electron chi connectivity index (χ2n) is 15.9. The van der Waals surface area contributed by atoms with Crippen molar-refractivity contribution in [2.45, 2.75) is 46.5 Å². The Bertz CT molecular complexity index is 2750. The summed E-state index contributed by atoms with van der Waals surface area (Å²) in [6.07, 6.45) is 1.11. The summed E-state index contributed by atoms with van der Waals surface area (Å²) in [5.41, 5.74) is 23.6. The predicted molar refractivity (Wildman–Crippen MR) is 266 cm³/mol. The number of aryl methyl sites for hydroxylation is 1. The van der Waals surface area contributed by atoms with Crippen LogP contribution in [0, 0.1) is 0 Å². The molecule has 300 valence electrons. The normalized spacial score (nSPS) is 11.8. The molecule has 2 aliphatic rings. The smallest absolute Gasteiger partial charge is 0.0725 e. The largest absolute Gasteiger partial charge is 0.106 e. The Morgan fingerprint density at radius 2 is 0.836 bits per heavy atom. The molecule has 0 unspecified atom stereocenters. The van der Waals surface area contributed by atoms with Crippen molar-refractivity contribution in [3.05, 3.63) is 264 Å². The molecule has 0 N–H and O–H groups in total. The van der Waals surface area contributed by atoms with Crippen molar-refractivity contribution in [1.29, 1.82) is 0 Å². The van der Waals surface area contributed by atoms with Gasteiger partial charge in [-0.3, -0.25) is 0 Å². The van der Waals surface area contributed by atoms with Gasteiger partial charge in [-0.25, -0.2) is 0 Å². The number of rotatable bonds is 5. The zero-order valence-electron chi connectivity index (χ0n) is 36.4. The van der Waals surface area contributed by atoms with Crippen molar-refractivity contribution >= 4 is 11.1 Å². The number of hydrogen-bond acceptors (Lipinski definition) is 0. The van der Waals surface area contributed by atoms with Crippen LogP contribution < -0.4 is 0 Å². The molecule has 10 rings (SSSR count). The highest BCUT2D eigenvalue weighted by Crippen LogP contribution is 2.63. The van der Waals surface area contributed by atoms with E-state index in [1.165, 1.54) is 94.6 Å². The first-order valence-electron chi connectivity index (χ1n) is 21.4. The molecule has 0 heterocycles. The third kappa shape index (κ3) is 8.15. The summed E-state index contributed by atoms with van der Waals surface area (Å²) in [6.45, 7) is 20.6. The Kier molecular flexibility index (Phi) is 13.1. The van der Waals surface area contributed by atoms with Crippen LogP contribution in [-0.4, -0.2) is 0 Å². The maximum Gasteiger partial charge on any atom is 0.0725 e. The van der Waals surface area contributed by atoms with Crippen molar-refractivity contribution in [2.24, 2.45) is 0 Å².